The fourth-order valence-electron chi connectivity index (χ4n) is 5.54. The molecule has 1 aromatic heterocycles. The second kappa shape index (κ2) is 6.71. The van der Waals surface area contributed by atoms with E-state index in [1.165, 1.54) is 51.4 Å². The molecule has 0 unspecified atom stereocenters. The Morgan fingerprint density at radius 2 is 1.96 bits per heavy atom. The zero-order valence-corrected chi connectivity index (χ0v) is 15.5. The van der Waals surface area contributed by atoms with Crippen molar-refractivity contribution in [3.63, 3.8) is 0 Å². The number of aromatic nitrogens is 3. The van der Waals surface area contributed by atoms with E-state index >= 15 is 0 Å². The van der Waals surface area contributed by atoms with Crippen LogP contribution in [0.25, 0.3) is 0 Å². The first-order chi connectivity index (χ1) is 12.2. The van der Waals surface area contributed by atoms with Gasteiger partial charge in [-0.25, -0.2) is 4.68 Å². The number of ether oxygens (including phenoxy) is 1. The molecule has 6 heteroatoms. The van der Waals surface area contributed by atoms with Crippen LogP contribution in [0.2, 0.25) is 0 Å². The molecule has 0 N–H and O–H groups in total. The van der Waals surface area contributed by atoms with Gasteiger partial charge in [0.15, 0.2) is 5.82 Å². The molecule has 1 aliphatic heterocycles. The normalized spacial score (nSPS) is 27.8. The van der Waals surface area contributed by atoms with Crippen molar-refractivity contribution in [3.8, 4) is 0 Å². The van der Waals surface area contributed by atoms with Crippen molar-refractivity contribution in [2.24, 2.45) is 5.92 Å². The van der Waals surface area contributed by atoms with E-state index in [4.69, 9.17) is 14.8 Å². The Hall–Kier alpha value is -1.43. The van der Waals surface area contributed by atoms with Crippen molar-refractivity contribution in [2.45, 2.75) is 82.7 Å². The highest BCUT2D eigenvalue weighted by atomic mass is 16.5. The summed E-state index contributed by atoms with van der Waals surface area (Å²) in [7, 11) is 1.59. The van der Waals surface area contributed by atoms with Crippen molar-refractivity contribution in [2.75, 3.05) is 18.6 Å². The minimum absolute atomic E-state index is 0.0290. The lowest BCUT2D eigenvalue weighted by Gasteiger charge is -2.55. The maximum absolute atomic E-state index is 12.9. The van der Waals surface area contributed by atoms with E-state index in [-0.39, 0.29) is 24.1 Å². The molecule has 2 fully saturated rings. The number of fused-ring (bicyclic) bond motifs is 4. The third kappa shape index (κ3) is 2.60. The van der Waals surface area contributed by atoms with Gasteiger partial charge in [-0.15, -0.1) is 0 Å². The molecular weight excluding hydrogens is 316 g/mol. The molecule has 2 heterocycles. The number of rotatable bonds is 3. The number of anilines is 1. The van der Waals surface area contributed by atoms with Crippen LogP contribution in [-0.4, -0.2) is 40.4 Å². The maximum Gasteiger partial charge on any atom is 0.255 e. The molecule has 25 heavy (non-hydrogen) atoms. The Balaban J connectivity index is 1.85. The summed E-state index contributed by atoms with van der Waals surface area (Å²) in [6.07, 6.45) is 11.7. The van der Waals surface area contributed by atoms with Gasteiger partial charge in [-0.05, 0) is 25.7 Å². The number of hydrogen-bond donors (Lipinski definition) is 0. The van der Waals surface area contributed by atoms with Crippen LogP contribution in [0.5, 0.6) is 0 Å². The Morgan fingerprint density at radius 3 is 2.68 bits per heavy atom. The monoisotopic (exact) mass is 346 g/mol. The lowest BCUT2D eigenvalue weighted by Crippen LogP contribution is -2.62. The predicted octanol–water partition coefficient (Wildman–Crippen LogP) is 3.05. The number of hydrogen-bond acceptors (Lipinski definition) is 4. The second-order valence-corrected chi connectivity index (χ2v) is 7.91. The summed E-state index contributed by atoms with van der Waals surface area (Å²) >= 11 is 0. The van der Waals surface area contributed by atoms with Crippen LogP contribution in [0.3, 0.4) is 0 Å². The highest BCUT2D eigenvalue weighted by Crippen LogP contribution is 2.52. The van der Waals surface area contributed by atoms with E-state index in [0.29, 0.717) is 5.92 Å². The van der Waals surface area contributed by atoms with E-state index in [1.807, 2.05) is 4.90 Å². The van der Waals surface area contributed by atoms with Gasteiger partial charge >= 0.3 is 0 Å². The largest absolute Gasteiger partial charge is 0.375 e. The zero-order valence-electron chi connectivity index (χ0n) is 15.5. The summed E-state index contributed by atoms with van der Waals surface area (Å²) in [5.41, 5.74) is 0.0724. The van der Waals surface area contributed by atoms with E-state index in [9.17, 15) is 4.79 Å². The van der Waals surface area contributed by atoms with Gasteiger partial charge in [0.1, 0.15) is 6.61 Å². The molecule has 3 aliphatic rings. The summed E-state index contributed by atoms with van der Waals surface area (Å²) in [5.74, 6) is 2.17. The smallest absolute Gasteiger partial charge is 0.255 e. The number of aryl methyl sites for hydroxylation is 1. The third-order valence-corrected chi connectivity index (χ3v) is 6.59. The molecule has 2 saturated carbocycles. The molecule has 1 aromatic rings. The van der Waals surface area contributed by atoms with E-state index < -0.39 is 0 Å². The third-order valence-electron chi connectivity index (χ3n) is 6.59. The molecule has 4 rings (SSSR count). The van der Waals surface area contributed by atoms with Crippen molar-refractivity contribution in [1.82, 2.24) is 14.8 Å². The molecule has 138 valence electrons. The molecule has 0 radical (unpaired) electrons. The molecule has 6 nitrogen and oxygen atoms in total. The van der Waals surface area contributed by atoms with Crippen molar-refractivity contribution < 1.29 is 9.53 Å². The lowest BCUT2D eigenvalue weighted by atomic mass is 9.64. The SMILES string of the molecule is CCc1nc2n(n1)C1(CCCCC1)[C@@H]1CCCC[C@@H]1N2C(=O)COC. The van der Waals surface area contributed by atoms with E-state index in [1.54, 1.807) is 7.11 Å². The van der Waals surface area contributed by atoms with Gasteiger partial charge in [0.2, 0.25) is 5.95 Å². The standard InChI is InChI=1S/C19H30N4O2/c1-3-16-20-18-22(17(24)13-25-2)15-10-6-5-9-14(15)19(23(18)21-16)11-7-4-8-12-19/h14-15H,3-13H2,1-2H3/t14-,15+/m1/s1. The van der Waals surface area contributed by atoms with Crippen LogP contribution in [0, 0.1) is 5.92 Å². The van der Waals surface area contributed by atoms with Crippen LogP contribution in [0.1, 0.15) is 70.5 Å². The Morgan fingerprint density at radius 1 is 1.20 bits per heavy atom. The van der Waals surface area contributed by atoms with Crippen LogP contribution in [0.15, 0.2) is 0 Å². The van der Waals surface area contributed by atoms with E-state index in [0.717, 1.165) is 24.6 Å². The summed E-state index contributed by atoms with van der Waals surface area (Å²) in [6.45, 7) is 2.20. The molecule has 2 atom stereocenters. The molecule has 0 bridgehead atoms. The second-order valence-electron chi connectivity index (χ2n) is 7.91. The van der Waals surface area contributed by atoms with Crippen LogP contribution in [-0.2, 0) is 21.5 Å². The molecule has 0 saturated heterocycles. The predicted molar refractivity (Wildman–Crippen MR) is 95.6 cm³/mol. The topological polar surface area (TPSA) is 60.2 Å². The summed E-state index contributed by atoms with van der Waals surface area (Å²) in [5, 5.41) is 4.90. The molecule has 0 aromatic carbocycles. The first-order valence-electron chi connectivity index (χ1n) is 9.98. The minimum Gasteiger partial charge on any atom is -0.375 e. The van der Waals surface area contributed by atoms with E-state index in [2.05, 4.69) is 11.6 Å². The number of carbonyl (C=O) groups is 1. The van der Waals surface area contributed by atoms with Crippen molar-refractivity contribution in [1.29, 1.82) is 0 Å². The van der Waals surface area contributed by atoms with Crippen LogP contribution in [0.4, 0.5) is 5.95 Å². The average Bonchev–Trinajstić information content (AvgIpc) is 3.08. The Kier molecular flexibility index (Phi) is 4.56. The minimum atomic E-state index is 0.0290. The number of methoxy groups -OCH3 is 1. The lowest BCUT2D eigenvalue weighted by molar-refractivity contribution is -0.124. The van der Waals surface area contributed by atoms with Gasteiger partial charge < -0.3 is 4.74 Å². The van der Waals surface area contributed by atoms with Gasteiger partial charge in [-0.1, -0.05) is 39.0 Å². The summed E-state index contributed by atoms with van der Waals surface area (Å²) in [4.78, 5) is 19.6. The molecule has 1 spiro atoms. The van der Waals surface area contributed by atoms with Gasteiger partial charge in [-0.2, -0.15) is 10.1 Å². The molecule has 1 amide bonds. The highest BCUT2D eigenvalue weighted by molar-refractivity contribution is 5.93. The van der Waals surface area contributed by atoms with Crippen LogP contribution >= 0.6 is 0 Å². The number of nitrogens with zero attached hydrogens (tertiary/aromatic N) is 4. The molecular formula is C19H30N4O2. The maximum atomic E-state index is 12.9. The van der Waals surface area contributed by atoms with Gasteiger partial charge in [0, 0.05) is 25.5 Å². The number of amides is 1. The Bertz CT molecular complexity index is 635. The average molecular weight is 346 g/mol. The van der Waals surface area contributed by atoms with Gasteiger partial charge in [0.05, 0.1) is 5.54 Å². The van der Waals surface area contributed by atoms with Crippen molar-refractivity contribution in [3.05, 3.63) is 5.82 Å². The number of carbonyl (C=O) groups excluding carboxylic acids is 1. The molecule has 2 aliphatic carbocycles. The Labute approximate surface area is 149 Å². The highest BCUT2D eigenvalue weighted by Gasteiger charge is 2.54. The zero-order chi connectivity index (χ0) is 17.4. The summed E-state index contributed by atoms with van der Waals surface area (Å²) in [6, 6.07) is 0.260. The van der Waals surface area contributed by atoms with Gasteiger partial charge in [-0.3, -0.25) is 9.69 Å². The quantitative estimate of drug-likeness (QED) is 0.844. The van der Waals surface area contributed by atoms with Crippen LogP contribution < -0.4 is 4.90 Å². The van der Waals surface area contributed by atoms with Crippen molar-refractivity contribution >= 4 is 11.9 Å². The fourth-order valence-corrected chi connectivity index (χ4v) is 5.54. The first kappa shape index (κ1) is 17.0. The first-order valence-corrected chi connectivity index (χ1v) is 9.98. The fraction of sp³-hybridized carbons (Fsp3) is 0.842. The summed E-state index contributed by atoms with van der Waals surface area (Å²) < 4.78 is 7.34. The van der Waals surface area contributed by atoms with Gasteiger partial charge in [0.25, 0.3) is 5.91 Å².